The van der Waals surface area contributed by atoms with Crippen LogP contribution >= 0.6 is 11.3 Å². The van der Waals surface area contributed by atoms with Crippen LogP contribution in [0.25, 0.3) is 0 Å². The van der Waals surface area contributed by atoms with E-state index < -0.39 is 12.0 Å². The van der Waals surface area contributed by atoms with Crippen molar-refractivity contribution in [2.24, 2.45) is 5.73 Å². The van der Waals surface area contributed by atoms with Gasteiger partial charge in [-0.1, -0.05) is 18.2 Å². The molecular weight excluding hydrogens is 348 g/mol. The highest BCUT2D eigenvalue weighted by Crippen LogP contribution is 2.38. The summed E-state index contributed by atoms with van der Waals surface area (Å²) in [6.45, 7) is 5.61. The van der Waals surface area contributed by atoms with Crippen molar-refractivity contribution < 1.29 is 14.3 Å². The molecule has 1 aliphatic carbocycles. The van der Waals surface area contributed by atoms with Crippen molar-refractivity contribution in [2.45, 2.75) is 52.6 Å². The summed E-state index contributed by atoms with van der Waals surface area (Å²) >= 11 is 1.46. The normalized spacial score (nSPS) is 14.4. The first-order valence-electron chi connectivity index (χ1n) is 8.86. The number of hydrogen-bond acceptors (Lipinski definition) is 4. The number of carbonyl (C=O) groups excluding carboxylic acids is 2. The standard InChI is InChI=1S/C20H24N2O3S/c1-11-7-6-8-12(2)17(11)25-13(3)19(24)22-20-16(18(21)23)14-9-4-5-10-15(14)26-20/h6-8,13H,4-5,9-10H2,1-3H3,(H2,21,23)(H,22,24). The third-order valence-electron chi connectivity index (χ3n) is 4.73. The predicted molar refractivity (Wildman–Crippen MR) is 104 cm³/mol. The van der Waals surface area contributed by atoms with E-state index in [1.165, 1.54) is 11.3 Å². The number of hydrogen-bond donors (Lipinski definition) is 2. The number of aryl methyl sites for hydroxylation is 3. The maximum Gasteiger partial charge on any atom is 0.265 e. The van der Waals surface area contributed by atoms with Crippen LogP contribution in [-0.4, -0.2) is 17.9 Å². The number of primary amides is 1. The number of anilines is 1. The summed E-state index contributed by atoms with van der Waals surface area (Å²) in [5.74, 6) is -0.0486. The van der Waals surface area contributed by atoms with Crippen molar-refractivity contribution in [1.29, 1.82) is 0 Å². The van der Waals surface area contributed by atoms with Crippen molar-refractivity contribution in [3.63, 3.8) is 0 Å². The minimum Gasteiger partial charge on any atom is -0.480 e. The number of ether oxygens (including phenoxy) is 1. The van der Waals surface area contributed by atoms with Gasteiger partial charge < -0.3 is 15.8 Å². The Balaban J connectivity index is 1.79. The van der Waals surface area contributed by atoms with E-state index in [0.29, 0.717) is 10.6 Å². The second-order valence-electron chi connectivity index (χ2n) is 6.75. The average molecular weight is 372 g/mol. The fourth-order valence-corrected chi connectivity index (χ4v) is 4.64. The monoisotopic (exact) mass is 372 g/mol. The predicted octanol–water partition coefficient (Wildman–Crippen LogP) is 3.75. The number of carbonyl (C=O) groups is 2. The number of benzene rings is 1. The van der Waals surface area contributed by atoms with Crippen LogP contribution in [0.2, 0.25) is 0 Å². The molecule has 1 aromatic heterocycles. The van der Waals surface area contributed by atoms with Crippen LogP contribution in [0.15, 0.2) is 18.2 Å². The molecule has 3 N–H and O–H groups in total. The summed E-state index contributed by atoms with van der Waals surface area (Å²) in [6.07, 6.45) is 3.24. The molecule has 6 heteroatoms. The van der Waals surface area contributed by atoms with Gasteiger partial charge in [-0.15, -0.1) is 11.3 Å². The minimum atomic E-state index is -0.686. The van der Waals surface area contributed by atoms with Crippen molar-refractivity contribution in [3.8, 4) is 5.75 Å². The molecule has 1 aromatic carbocycles. The first-order valence-corrected chi connectivity index (χ1v) is 9.68. The van der Waals surface area contributed by atoms with Crippen LogP contribution < -0.4 is 15.8 Å². The molecule has 1 atom stereocenters. The zero-order valence-corrected chi connectivity index (χ0v) is 16.2. The summed E-state index contributed by atoms with van der Waals surface area (Å²) in [5, 5.41) is 3.41. The number of nitrogens with one attached hydrogen (secondary N) is 1. The molecule has 138 valence electrons. The zero-order chi connectivity index (χ0) is 18.8. The third kappa shape index (κ3) is 3.60. The van der Waals surface area contributed by atoms with E-state index >= 15 is 0 Å². The topological polar surface area (TPSA) is 81.4 Å². The lowest BCUT2D eigenvalue weighted by Gasteiger charge is -2.18. The third-order valence-corrected chi connectivity index (χ3v) is 5.93. The highest BCUT2D eigenvalue weighted by Gasteiger charge is 2.26. The van der Waals surface area contributed by atoms with Gasteiger partial charge in [0.15, 0.2) is 6.10 Å². The SMILES string of the molecule is Cc1cccc(C)c1OC(C)C(=O)Nc1sc2c(c1C(N)=O)CCCC2. The lowest BCUT2D eigenvalue weighted by molar-refractivity contribution is -0.122. The van der Waals surface area contributed by atoms with Gasteiger partial charge in [-0.3, -0.25) is 9.59 Å². The zero-order valence-electron chi connectivity index (χ0n) is 15.3. The molecular formula is C20H24N2O3S. The number of amides is 2. The Kier molecular flexibility index (Phi) is 5.32. The quantitative estimate of drug-likeness (QED) is 0.839. The molecule has 0 bridgehead atoms. The molecule has 1 unspecified atom stereocenters. The van der Waals surface area contributed by atoms with Crippen LogP contribution in [0.5, 0.6) is 5.75 Å². The molecule has 1 heterocycles. The summed E-state index contributed by atoms with van der Waals surface area (Å²) in [7, 11) is 0. The van der Waals surface area contributed by atoms with Crippen LogP contribution in [0.1, 0.15) is 51.7 Å². The Labute approximate surface area is 157 Å². The second kappa shape index (κ2) is 7.50. The van der Waals surface area contributed by atoms with E-state index in [1.54, 1.807) is 6.92 Å². The molecule has 2 aromatic rings. The first-order chi connectivity index (χ1) is 12.4. The summed E-state index contributed by atoms with van der Waals surface area (Å²) in [6, 6.07) is 5.86. The van der Waals surface area contributed by atoms with E-state index in [1.807, 2.05) is 32.0 Å². The highest BCUT2D eigenvalue weighted by atomic mass is 32.1. The van der Waals surface area contributed by atoms with Gasteiger partial charge in [0, 0.05) is 4.88 Å². The van der Waals surface area contributed by atoms with Crippen molar-refractivity contribution in [3.05, 3.63) is 45.3 Å². The molecule has 3 rings (SSSR count). The molecule has 0 spiro atoms. The van der Waals surface area contributed by atoms with Crippen LogP contribution in [0.4, 0.5) is 5.00 Å². The first kappa shape index (κ1) is 18.5. The van der Waals surface area contributed by atoms with Gasteiger partial charge >= 0.3 is 0 Å². The van der Waals surface area contributed by atoms with Gasteiger partial charge in [-0.25, -0.2) is 0 Å². The van der Waals surface area contributed by atoms with Gasteiger partial charge in [0.2, 0.25) is 0 Å². The molecule has 0 radical (unpaired) electrons. The van der Waals surface area contributed by atoms with E-state index in [4.69, 9.17) is 10.5 Å². The van der Waals surface area contributed by atoms with E-state index in [9.17, 15) is 9.59 Å². The van der Waals surface area contributed by atoms with Gasteiger partial charge in [-0.05, 0) is 63.1 Å². The summed E-state index contributed by atoms with van der Waals surface area (Å²) in [5.41, 5.74) is 9.02. The molecule has 1 aliphatic rings. The van der Waals surface area contributed by atoms with Gasteiger partial charge in [0.25, 0.3) is 11.8 Å². The maximum atomic E-state index is 12.6. The lowest BCUT2D eigenvalue weighted by atomic mass is 9.95. The van der Waals surface area contributed by atoms with Crippen LogP contribution in [0.3, 0.4) is 0 Å². The molecule has 26 heavy (non-hydrogen) atoms. The van der Waals surface area contributed by atoms with E-state index in [0.717, 1.165) is 53.0 Å². The Bertz CT molecular complexity index is 837. The Morgan fingerprint density at radius 3 is 2.50 bits per heavy atom. The smallest absolute Gasteiger partial charge is 0.265 e. The fourth-order valence-electron chi connectivity index (χ4n) is 3.34. The number of para-hydroxylation sites is 1. The molecule has 0 saturated heterocycles. The van der Waals surface area contributed by atoms with Crippen LogP contribution in [-0.2, 0) is 17.6 Å². The van der Waals surface area contributed by atoms with Crippen LogP contribution in [0, 0.1) is 13.8 Å². The van der Waals surface area contributed by atoms with Crippen molar-refractivity contribution in [1.82, 2.24) is 0 Å². The fraction of sp³-hybridized carbons (Fsp3) is 0.400. The van der Waals surface area contributed by atoms with Gasteiger partial charge in [0.1, 0.15) is 10.8 Å². The van der Waals surface area contributed by atoms with Crippen molar-refractivity contribution >= 4 is 28.2 Å². The Morgan fingerprint density at radius 1 is 1.19 bits per heavy atom. The Hall–Kier alpha value is -2.34. The van der Waals surface area contributed by atoms with E-state index in [2.05, 4.69) is 5.32 Å². The molecule has 2 amide bonds. The summed E-state index contributed by atoms with van der Waals surface area (Å²) in [4.78, 5) is 25.7. The number of thiophene rings is 1. The molecule has 0 aliphatic heterocycles. The number of rotatable bonds is 5. The highest BCUT2D eigenvalue weighted by molar-refractivity contribution is 7.17. The summed E-state index contributed by atoms with van der Waals surface area (Å²) < 4.78 is 5.89. The average Bonchev–Trinajstić information content (AvgIpc) is 2.96. The van der Waals surface area contributed by atoms with Gasteiger partial charge in [-0.2, -0.15) is 0 Å². The second-order valence-corrected chi connectivity index (χ2v) is 7.85. The Morgan fingerprint density at radius 2 is 1.85 bits per heavy atom. The number of fused-ring (bicyclic) bond motifs is 1. The van der Waals surface area contributed by atoms with Gasteiger partial charge in [0.05, 0.1) is 5.56 Å². The maximum absolute atomic E-state index is 12.6. The lowest BCUT2D eigenvalue weighted by Crippen LogP contribution is -2.31. The largest absolute Gasteiger partial charge is 0.480 e. The molecule has 0 fully saturated rings. The number of nitrogens with two attached hydrogens (primary N) is 1. The molecule has 0 saturated carbocycles. The van der Waals surface area contributed by atoms with E-state index in [-0.39, 0.29) is 5.91 Å². The molecule has 5 nitrogen and oxygen atoms in total. The van der Waals surface area contributed by atoms with Crippen molar-refractivity contribution in [2.75, 3.05) is 5.32 Å². The minimum absolute atomic E-state index is 0.284.